The van der Waals surface area contributed by atoms with Crippen molar-refractivity contribution in [1.82, 2.24) is 0 Å². The first-order valence-electron chi connectivity index (χ1n) is 11.6. The fourth-order valence-electron chi connectivity index (χ4n) is 5.20. The Kier molecular flexibility index (Phi) is 5.55. The van der Waals surface area contributed by atoms with E-state index in [0.29, 0.717) is 12.1 Å². The molecule has 7 heteroatoms. The molecule has 2 aromatic rings. The van der Waals surface area contributed by atoms with Crippen molar-refractivity contribution in [3.05, 3.63) is 66.2 Å². The van der Waals surface area contributed by atoms with Crippen LogP contribution in [-0.2, 0) is 19.2 Å². The average molecular weight is 459 g/mol. The molecule has 2 aromatic carbocycles. The lowest BCUT2D eigenvalue weighted by Crippen LogP contribution is -2.31. The number of anilines is 2. The molecule has 0 radical (unpaired) electrons. The van der Waals surface area contributed by atoms with E-state index in [-0.39, 0.29) is 54.2 Å². The van der Waals surface area contributed by atoms with Crippen molar-refractivity contribution in [3.63, 3.8) is 0 Å². The van der Waals surface area contributed by atoms with Crippen LogP contribution in [0.1, 0.15) is 25.3 Å². The van der Waals surface area contributed by atoms with Crippen LogP contribution < -0.4 is 14.5 Å². The first-order valence-corrected chi connectivity index (χ1v) is 11.6. The van der Waals surface area contributed by atoms with Gasteiger partial charge in [-0.1, -0.05) is 37.3 Å². The van der Waals surface area contributed by atoms with Crippen molar-refractivity contribution in [2.75, 3.05) is 16.3 Å². The lowest BCUT2D eigenvalue weighted by molar-refractivity contribution is -0.139. The Balaban J connectivity index is 1.30. The van der Waals surface area contributed by atoms with Crippen LogP contribution in [0, 0.1) is 30.6 Å². The van der Waals surface area contributed by atoms with E-state index in [9.17, 15) is 19.2 Å². The summed E-state index contributed by atoms with van der Waals surface area (Å²) >= 11 is 0. The van der Waals surface area contributed by atoms with Crippen LogP contribution in [-0.4, -0.2) is 30.2 Å². The zero-order valence-electron chi connectivity index (χ0n) is 19.1. The van der Waals surface area contributed by atoms with Crippen LogP contribution in [0.5, 0.6) is 5.75 Å². The number of ether oxygens (including phenoxy) is 1. The van der Waals surface area contributed by atoms with Crippen LogP contribution in [0.4, 0.5) is 11.4 Å². The molecule has 7 nitrogen and oxygen atoms in total. The predicted octanol–water partition coefficient (Wildman–Crippen LogP) is 3.66. The van der Waals surface area contributed by atoms with E-state index >= 15 is 0 Å². The van der Waals surface area contributed by atoms with Crippen LogP contribution in [0.25, 0.3) is 0 Å². The molecule has 0 N–H and O–H groups in total. The Hall–Kier alpha value is -3.74. The molecule has 4 atom stereocenters. The maximum atomic E-state index is 13.1. The van der Waals surface area contributed by atoms with Gasteiger partial charge in [0, 0.05) is 24.7 Å². The van der Waals surface area contributed by atoms with Gasteiger partial charge in [-0.25, -0.2) is 4.90 Å². The summed E-state index contributed by atoms with van der Waals surface area (Å²) < 4.78 is 5.59. The van der Waals surface area contributed by atoms with Crippen LogP contribution in [0.2, 0.25) is 0 Å². The van der Waals surface area contributed by atoms with Gasteiger partial charge in [0.25, 0.3) is 0 Å². The smallest absolute Gasteiger partial charge is 0.316 e. The van der Waals surface area contributed by atoms with Gasteiger partial charge < -0.3 is 9.64 Å². The second-order valence-electron chi connectivity index (χ2n) is 9.33. The molecule has 2 saturated heterocycles. The van der Waals surface area contributed by atoms with Crippen molar-refractivity contribution in [3.8, 4) is 5.75 Å². The van der Waals surface area contributed by atoms with E-state index in [1.54, 1.807) is 23.1 Å². The lowest BCUT2D eigenvalue weighted by Gasteiger charge is -2.22. The number of allylic oxidation sites excluding steroid dienone is 2. The highest BCUT2D eigenvalue weighted by Gasteiger charge is 2.50. The summed E-state index contributed by atoms with van der Waals surface area (Å²) in [4.78, 5) is 54.3. The fourth-order valence-corrected chi connectivity index (χ4v) is 5.20. The quantitative estimate of drug-likeness (QED) is 0.302. The molecule has 3 amide bonds. The summed E-state index contributed by atoms with van der Waals surface area (Å²) in [7, 11) is 0. The normalized spacial score (nSPS) is 26.2. The van der Waals surface area contributed by atoms with E-state index < -0.39 is 11.9 Å². The highest BCUT2D eigenvalue weighted by molar-refractivity contribution is 6.22. The van der Waals surface area contributed by atoms with Crippen molar-refractivity contribution >= 4 is 35.1 Å². The number of carbonyl (C=O) groups is 4. The van der Waals surface area contributed by atoms with Crippen molar-refractivity contribution in [2.45, 2.75) is 26.7 Å². The van der Waals surface area contributed by atoms with Crippen LogP contribution in [0.15, 0.2) is 60.7 Å². The zero-order chi connectivity index (χ0) is 24.0. The Morgan fingerprint density at radius 3 is 2.53 bits per heavy atom. The number of aryl methyl sites for hydroxylation is 1. The van der Waals surface area contributed by atoms with Crippen molar-refractivity contribution in [2.24, 2.45) is 23.7 Å². The van der Waals surface area contributed by atoms with Crippen LogP contribution in [0.3, 0.4) is 0 Å². The molecule has 0 bridgehead atoms. The zero-order valence-corrected chi connectivity index (χ0v) is 19.1. The highest BCUT2D eigenvalue weighted by atomic mass is 16.5. The summed E-state index contributed by atoms with van der Waals surface area (Å²) in [5, 5.41) is 0. The molecule has 2 aliphatic heterocycles. The Morgan fingerprint density at radius 2 is 1.76 bits per heavy atom. The Labute approximate surface area is 198 Å². The minimum absolute atomic E-state index is 0.00235. The van der Waals surface area contributed by atoms with Gasteiger partial charge in [0.1, 0.15) is 5.75 Å². The number of imide groups is 1. The SMILES string of the molecule is Cc1cccc(N2C[C@H](C(=O)Oc3cccc(N4C(=O)[C@H]5[C@@H](C)C=CC[C@H]5C4=O)c3)CC2=O)c1. The Morgan fingerprint density at radius 1 is 1.00 bits per heavy atom. The van der Waals surface area contributed by atoms with Gasteiger partial charge >= 0.3 is 5.97 Å². The number of benzene rings is 2. The molecule has 0 unspecified atom stereocenters. The second-order valence-corrected chi connectivity index (χ2v) is 9.33. The molecule has 1 aliphatic carbocycles. The second kappa shape index (κ2) is 8.56. The van der Waals surface area contributed by atoms with E-state index in [2.05, 4.69) is 0 Å². The maximum absolute atomic E-state index is 13.1. The summed E-state index contributed by atoms with van der Waals surface area (Å²) in [5.74, 6) is -2.14. The van der Waals surface area contributed by atoms with E-state index in [0.717, 1.165) is 11.3 Å². The van der Waals surface area contributed by atoms with E-state index in [1.165, 1.54) is 11.0 Å². The number of hydrogen-bond acceptors (Lipinski definition) is 5. The lowest BCUT2D eigenvalue weighted by atomic mass is 9.78. The third kappa shape index (κ3) is 3.81. The molecule has 2 heterocycles. The molecular weight excluding hydrogens is 432 g/mol. The Bertz CT molecular complexity index is 1220. The standard InChI is InChI=1S/C27H26N2O5/c1-16-6-3-8-19(12-16)28-15-18(13-23(28)30)27(33)34-21-10-5-9-20(14-21)29-25(31)22-11-4-7-17(2)24(22)26(29)32/h3-10,12,14,17-18,22,24H,11,13,15H2,1-2H3/t17-,18+,22+,24-/m0/s1. The molecule has 2 fully saturated rings. The molecule has 174 valence electrons. The topological polar surface area (TPSA) is 84.0 Å². The number of esters is 1. The minimum Gasteiger partial charge on any atom is -0.426 e. The average Bonchev–Trinajstić information content (AvgIpc) is 3.32. The number of hydrogen-bond donors (Lipinski definition) is 0. The third-order valence-corrected chi connectivity index (χ3v) is 6.94. The molecule has 34 heavy (non-hydrogen) atoms. The predicted molar refractivity (Wildman–Crippen MR) is 126 cm³/mol. The van der Waals surface area contributed by atoms with Gasteiger partial charge in [0.05, 0.1) is 23.4 Å². The van der Waals surface area contributed by atoms with Gasteiger partial charge in [-0.05, 0) is 49.1 Å². The third-order valence-electron chi connectivity index (χ3n) is 6.94. The first kappa shape index (κ1) is 22.1. The molecule has 0 aromatic heterocycles. The molecule has 0 saturated carbocycles. The fraction of sp³-hybridized carbons (Fsp3) is 0.333. The van der Waals surface area contributed by atoms with E-state index in [1.807, 2.05) is 50.3 Å². The molecule has 3 aliphatic rings. The van der Waals surface area contributed by atoms with Crippen molar-refractivity contribution in [1.29, 1.82) is 0 Å². The van der Waals surface area contributed by atoms with Crippen LogP contribution >= 0.6 is 0 Å². The number of rotatable bonds is 4. The number of nitrogens with zero attached hydrogens (tertiary/aromatic N) is 2. The molecular formula is C27H26N2O5. The van der Waals surface area contributed by atoms with Gasteiger partial charge in [-0.3, -0.25) is 19.2 Å². The maximum Gasteiger partial charge on any atom is 0.316 e. The molecule has 5 rings (SSSR count). The monoisotopic (exact) mass is 458 g/mol. The first-order chi connectivity index (χ1) is 16.3. The van der Waals surface area contributed by atoms with Gasteiger partial charge in [0.15, 0.2) is 0 Å². The van der Waals surface area contributed by atoms with Gasteiger partial charge in [-0.2, -0.15) is 0 Å². The van der Waals surface area contributed by atoms with Gasteiger partial charge in [-0.15, -0.1) is 0 Å². The molecule has 0 spiro atoms. The highest BCUT2D eigenvalue weighted by Crippen LogP contribution is 2.41. The number of amides is 3. The van der Waals surface area contributed by atoms with E-state index in [4.69, 9.17) is 4.74 Å². The summed E-state index contributed by atoms with van der Waals surface area (Å²) in [6.07, 6.45) is 4.57. The summed E-state index contributed by atoms with van der Waals surface area (Å²) in [5.41, 5.74) is 2.19. The van der Waals surface area contributed by atoms with Crippen molar-refractivity contribution < 1.29 is 23.9 Å². The summed E-state index contributed by atoms with van der Waals surface area (Å²) in [6.45, 7) is 4.14. The largest absolute Gasteiger partial charge is 0.426 e. The van der Waals surface area contributed by atoms with Gasteiger partial charge in [0.2, 0.25) is 17.7 Å². The number of fused-ring (bicyclic) bond motifs is 1. The summed E-state index contributed by atoms with van der Waals surface area (Å²) in [6, 6.07) is 14.1. The number of carbonyl (C=O) groups excluding carboxylic acids is 4. The minimum atomic E-state index is -0.596.